The highest BCUT2D eigenvalue weighted by atomic mass is 15.1. The zero-order valence-electron chi connectivity index (χ0n) is 13.1. The summed E-state index contributed by atoms with van der Waals surface area (Å²) < 4.78 is 0. The Bertz CT molecular complexity index is 427. The molecule has 0 saturated heterocycles. The van der Waals surface area contributed by atoms with Crippen molar-refractivity contribution in [2.75, 3.05) is 25.0 Å². The molecular formula is C17H28N2. The van der Waals surface area contributed by atoms with Crippen molar-refractivity contribution >= 4 is 5.69 Å². The topological polar surface area (TPSA) is 15.3 Å². The standard InChI is InChI=1S/C17H28N2/c1-13-12-14(17(2,3)4)6-9-16(13)19(5)11-10-18-15-7-8-15/h6,9,12,15,18H,7-8,10-11H2,1-5H3. The van der Waals surface area contributed by atoms with Gasteiger partial charge in [0.05, 0.1) is 0 Å². The zero-order chi connectivity index (χ0) is 14.0. The van der Waals surface area contributed by atoms with Crippen molar-refractivity contribution in [1.29, 1.82) is 0 Å². The van der Waals surface area contributed by atoms with Gasteiger partial charge >= 0.3 is 0 Å². The molecule has 2 heteroatoms. The Morgan fingerprint density at radius 2 is 1.95 bits per heavy atom. The summed E-state index contributed by atoms with van der Waals surface area (Å²) in [5.41, 5.74) is 4.38. The van der Waals surface area contributed by atoms with Crippen LogP contribution in [-0.4, -0.2) is 26.2 Å². The van der Waals surface area contributed by atoms with Crippen molar-refractivity contribution in [3.63, 3.8) is 0 Å². The predicted molar refractivity (Wildman–Crippen MR) is 84.2 cm³/mol. The van der Waals surface area contributed by atoms with Crippen LogP contribution in [0.15, 0.2) is 18.2 Å². The fourth-order valence-corrected chi connectivity index (χ4v) is 2.39. The molecule has 2 rings (SSSR count). The largest absolute Gasteiger partial charge is 0.373 e. The van der Waals surface area contributed by atoms with Crippen LogP contribution in [0.2, 0.25) is 0 Å². The first-order chi connectivity index (χ1) is 8.88. The molecule has 0 aliphatic heterocycles. The quantitative estimate of drug-likeness (QED) is 0.872. The van der Waals surface area contributed by atoms with E-state index in [2.05, 4.69) is 63.2 Å². The van der Waals surface area contributed by atoms with Gasteiger partial charge < -0.3 is 10.2 Å². The number of aryl methyl sites for hydroxylation is 1. The molecule has 1 aromatic rings. The predicted octanol–water partition coefficient (Wildman–Crippen LogP) is 3.48. The van der Waals surface area contributed by atoms with Crippen molar-refractivity contribution in [2.24, 2.45) is 0 Å². The van der Waals surface area contributed by atoms with Gasteiger partial charge in [-0.05, 0) is 42.4 Å². The van der Waals surface area contributed by atoms with Gasteiger partial charge in [0.15, 0.2) is 0 Å². The molecule has 0 bridgehead atoms. The van der Waals surface area contributed by atoms with Crippen LogP contribution < -0.4 is 10.2 Å². The molecule has 0 amide bonds. The van der Waals surface area contributed by atoms with Crippen LogP contribution in [0.3, 0.4) is 0 Å². The fraction of sp³-hybridized carbons (Fsp3) is 0.647. The van der Waals surface area contributed by atoms with Crippen LogP contribution in [-0.2, 0) is 5.41 Å². The zero-order valence-corrected chi connectivity index (χ0v) is 13.1. The summed E-state index contributed by atoms with van der Waals surface area (Å²) in [5.74, 6) is 0. The molecule has 1 aliphatic carbocycles. The molecule has 1 fully saturated rings. The van der Waals surface area contributed by atoms with E-state index in [1.807, 2.05) is 0 Å². The van der Waals surface area contributed by atoms with Gasteiger partial charge in [0, 0.05) is 31.9 Å². The van der Waals surface area contributed by atoms with Crippen molar-refractivity contribution in [3.05, 3.63) is 29.3 Å². The lowest BCUT2D eigenvalue weighted by Crippen LogP contribution is -2.30. The SMILES string of the molecule is Cc1cc(C(C)(C)C)ccc1N(C)CCNC1CC1. The van der Waals surface area contributed by atoms with E-state index >= 15 is 0 Å². The highest BCUT2D eigenvalue weighted by molar-refractivity contribution is 5.54. The summed E-state index contributed by atoms with van der Waals surface area (Å²) in [6, 6.07) is 7.68. The number of benzene rings is 1. The lowest BCUT2D eigenvalue weighted by atomic mass is 9.86. The first kappa shape index (κ1) is 14.4. The van der Waals surface area contributed by atoms with Gasteiger partial charge in [0.2, 0.25) is 0 Å². The van der Waals surface area contributed by atoms with Crippen molar-refractivity contribution in [1.82, 2.24) is 5.32 Å². The van der Waals surface area contributed by atoms with Gasteiger partial charge in [-0.2, -0.15) is 0 Å². The Morgan fingerprint density at radius 3 is 2.47 bits per heavy atom. The van der Waals surface area contributed by atoms with E-state index in [-0.39, 0.29) is 5.41 Å². The summed E-state index contributed by atoms with van der Waals surface area (Å²) in [7, 11) is 2.19. The second-order valence-electron chi connectivity index (χ2n) is 6.90. The third-order valence-electron chi connectivity index (χ3n) is 3.93. The molecule has 19 heavy (non-hydrogen) atoms. The van der Waals surface area contributed by atoms with E-state index in [0.29, 0.717) is 0 Å². The van der Waals surface area contributed by atoms with E-state index < -0.39 is 0 Å². The van der Waals surface area contributed by atoms with Crippen molar-refractivity contribution in [3.8, 4) is 0 Å². The molecule has 0 heterocycles. The Balaban J connectivity index is 1.98. The molecule has 2 nitrogen and oxygen atoms in total. The molecule has 0 spiro atoms. The molecule has 1 aliphatic rings. The molecule has 1 N–H and O–H groups in total. The number of hydrogen-bond donors (Lipinski definition) is 1. The minimum atomic E-state index is 0.232. The molecule has 0 atom stereocenters. The number of hydrogen-bond acceptors (Lipinski definition) is 2. The average molecular weight is 260 g/mol. The minimum Gasteiger partial charge on any atom is -0.373 e. The van der Waals surface area contributed by atoms with E-state index in [1.54, 1.807) is 0 Å². The molecule has 1 aromatic carbocycles. The van der Waals surface area contributed by atoms with Crippen LogP contribution in [0, 0.1) is 6.92 Å². The Kier molecular flexibility index (Phi) is 4.19. The number of rotatable bonds is 5. The summed E-state index contributed by atoms with van der Waals surface area (Å²) in [5, 5.41) is 3.57. The lowest BCUT2D eigenvalue weighted by molar-refractivity contribution is 0.589. The average Bonchev–Trinajstić information content (AvgIpc) is 3.11. The Labute approximate surface area is 118 Å². The van der Waals surface area contributed by atoms with Gasteiger partial charge in [-0.25, -0.2) is 0 Å². The van der Waals surface area contributed by atoms with E-state index in [1.165, 1.54) is 29.7 Å². The molecule has 0 radical (unpaired) electrons. The molecule has 0 aromatic heterocycles. The summed E-state index contributed by atoms with van der Waals surface area (Å²) in [4.78, 5) is 2.36. The highest BCUT2D eigenvalue weighted by Crippen LogP contribution is 2.27. The van der Waals surface area contributed by atoms with Crippen LogP contribution in [0.25, 0.3) is 0 Å². The fourth-order valence-electron chi connectivity index (χ4n) is 2.39. The highest BCUT2D eigenvalue weighted by Gasteiger charge is 2.20. The summed E-state index contributed by atoms with van der Waals surface area (Å²) in [6.45, 7) is 11.2. The lowest BCUT2D eigenvalue weighted by Gasteiger charge is -2.25. The second kappa shape index (κ2) is 5.54. The van der Waals surface area contributed by atoms with E-state index in [9.17, 15) is 0 Å². The van der Waals surface area contributed by atoms with Gasteiger partial charge in [0.1, 0.15) is 0 Å². The maximum absolute atomic E-state index is 3.57. The first-order valence-corrected chi connectivity index (χ1v) is 7.43. The van der Waals surface area contributed by atoms with E-state index in [0.717, 1.165) is 19.1 Å². The van der Waals surface area contributed by atoms with Crippen LogP contribution in [0.4, 0.5) is 5.69 Å². The number of anilines is 1. The normalized spacial score (nSPS) is 15.6. The molecular weight excluding hydrogens is 232 g/mol. The summed E-state index contributed by atoms with van der Waals surface area (Å²) in [6.07, 6.45) is 2.73. The van der Waals surface area contributed by atoms with Crippen molar-refractivity contribution < 1.29 is 0 Å². The summed E-state index contributed by atoms with van der Waals surface area (Å²) >= 11 is 0. The van der Waals surface area contributed by atoms with Gasteiger partial charge in [-0.3, -0.25) is 0 Å². The first-order valence-electron chi connectivity index (χ1n) is 7.43. The second-order valence-corrected chi connectivity index (χ2v) is 6.90. The van der Waals surface area contributed by atoms with Crippen LogP contribution in [0.5, 0.6) is 0 Å². The molecule has 1 saturated carbocycles. The van der Waals surface area contributed by atoms with E-state index in [4.69, 9.17) is 0 Å². The minimum absolute atomic E-state index is 0.232. The van der Waals surface area contributed by atoms with Crippen LogP contribution >= 0.6 is 0 Å². The Morgan fingerprint density at radius 1 is 1.26 bits per heavy atom. The van der Waals surface area contributed by atoms with Gasteiger partial charge in [-0.1, -0.05) is 32.9 Å². The third-order valence-corrected chi connectivity index (χ3v) is 3.93. The maximum Gasteiger partial charge on any atom is 0.0393 e. The van der Waals surface area contributed by atoms with Gasteiger partial charge in [-0.15, -0.1) is 0 Å². The molecule has 0 unspecified atom stereocenters. The van der Waals surface area contributed by atoms with Crippen LogP contribution in [0.1, 0.15) is 44.7 Å². The number of likely N-dealkylation sites (N-methyl/N-ethyl adjacent to an activating group) is 1. The van der Waals surface area contributed by atoms with Crippen molar-refractivity contribution in [2.45, 2.75) is 52.0 Å². The smallest absolute Gasteiger partial charge is 0.0393 e. The maximum atomic E-state index is 3.57. The monoisotopic (exact) mass is 260 g/mol. The Hall–Kier alpha value is -1.02. The number of nitrogens with one attached hydrogen (secondary N) is 1. The molecule has 106 valence electrons. The third kappa shape index (κ3) is 3.97. The van der Waals surface area contributed by atoms with Gasteiger partial charge in [0.25, 0.3) is 0 Å². The number of nitrogens with zero attached hydrogens (tertiary/aromatic N) is 1.